The van der Waals surface area contributed by atoms with Crippen LogP contribution >= 0.6 is 11.5 Å². The van der Waals surface area contributed by atoms with Crippen LogP contribution in [0.2, 0.25) is 0 Å². The van der Waals surface area contributed by atoms with Crippen molar-refractivity contribution in [3.05, 3.63) is 41.2 Å². The minimum Gasteiger partial charge on any atom is -0.463 e. The van der Waals surface area contributed by atoms with Crippen molar-refractivity contribution in [2.45, 2.75) is 6.92 Å². The summed E-state index contributed by atoms with van der Waals surface area (Å²) in [5.41, 5.74) is 1.58. The van der Waals surface area contributed by atoms with Gasteiger partial charge in [-0.3, -0.25) is 10.1 Å². The number of hydrogen-bond acceptors (Lipinski definition) is 6. The van der Waals surface area contributed by atoms with Gasteiger partial charge in [0.1, 0.15) is 0 Å². The number of aromatic nitrogens is 2. The number of benzene rings is 1. The Morgan fingerprint density at radius 2 is 1.95 bits per heavy atom. The second kappa shape index (κ2) is 5.57. The van der Waals surface area contributed by atoms with Crippen LogP contribution in [0, 0.1) is 6.92 Å². The van der Waals surface area contributed by atoms with E-state index in [0.29, 0.717) is 5.56 Å². The van der Waals surface area contributed by atoms with Gasteiger partial charge in [-0.15, -0.1) is 0 Å². The van der Waals surface area contributed by atoms with Crippen LogP contribution in [-0.4, -0.2) is 28.3 Å². The summed E-state index contributed by atoms with van der Waals surface area (Å²) in [6, 6.07) is 7.11. The summed E-state index contributed by atoms with van der Waals surface area (Å²) in [6.07, 6.45) is 0. The maximum atomic E-state index is 11.9. The normalized spacial score (nSPS) is 10.0. The smallest absolute Gasteiger partial charge is 0.377 e. The number of nitrogens with zero attached hydrogens (tertiary/aromatic N) is 2. The van der Waals surface area contributed by atoms with E-state index in [1.54, 1.807) is 12.1 Å². The number of aryl methyl sites for hydroxylation is 1. The van der Waals surface area contributed by atoms with Gasteiger partial charge in [-0.1, -0.05) is 17.7 Å². The van der Waals surface area contributed by atoms with Crippen molar-refractivity contribution in [3.8, 4) is 0 Å². The molecule has 19 heavy (non-hydrogen) atoms. The zero-order valence-corrected chi connectivity index (χ0v) is 11.2. The summed E-state index contributed by atoms with van der Waals surface area (Å²) in [7, 11) is 1.24. The number of methoxy groups -OCH3 is 1. The summed E-state index contributed by atoms with van der Waals surface area (Å²) in [6.45, 7) is 1.94. The molecule has 98 valence electrons. The Bertz CT molecular complexity index is 607. The second-order valence-corrected chi connectivity index (χ2v) is 4.49. The van der Waals surface area contributed by atoms with E-state index in [0.717, 1.165) is 17.1 Å². The van der Waals surface area contributed by atoms with Gasteiger partial charge in [-0.2, -0.15) is 9.36 Å². The van der Waals surface area contributed by atoms with Crippen LogP contribution < -0.4 is 5.32 Å². The van der Waals surface area contributed by atoms with Crippen molar-refractivity contribution in [1.29, 1.82) is 0 Å². The van der Waals surface area contributed by atoms with Crippen LogP contribution in [-0.2, 0) is 4.74 Å². The van der Waals surface area contributed by atoms with E-state index < -0.39 is 5.97 Å². The van der Waals surface area contributed by atoms with E-state index in [1.165, 1.54) is 7.11 Å². The third-order valence-corrected chi connectivity index (χ3v) is 2.96. The molecule has 1 aromatic heterocycles. The Labute approximate surface area is 113 Å². The topological polar surface area (TPSA) is 81.2 Å². The van der Waals surface area contributed by atoms with E-state index in [-0.39, 0.29) is 16.9 Å². The Balaban J connectivity index is 2.08. The van der Waals surface area contributed by atoms with Crippen molar-refractivity contribution >= 4 is 28.5 Å². The van der Waals surface area contributed by atoms with E-state index in [9.17, 15) is 9.59 Å². The van der Waals surface area contributed by atoms with Gasteiger partial charge in [-0.25, -0.2) is 4.79 Å². The van der Waals surface area contributed by atoms with Crippen molar-refractivity contribution in [2.24, 2.45) is 0 Å². The van der Waals surface area contributed by atoms with Gasteiger partial charge in [-0.05, 0) is 19.1 Å². The quantitative estimate of drug-likeness (QED) is 0.866. The Hall–Kier alpha value is -2.28. The highest BCUT2D eigenvalue weighted by molar-refractivity contribution is 7.10. The maximum absolute atomic E-state index is 11.9. The number of anilines is 1. The molecule has 0 aliphatic heterocycles. The third kappa shape index (κ3) is 3.14. The number of rotatable bonds is 3. The summed E-state index contributed by atoms with van der Waals surface area (Å²) in [5, 5.41) is 2.83. The number of carbonyl (C=O) groups is 2. The molecule has 0 atom stereocenters. The third-order valence-electron chi connectivity index (χ3n) is 2.33. The molecule has 1 amide bonds. The predicted octanol–water partition coefficient (Wildman–Crippen LogP) is 1.89. The second-order valence-electron chi connectivity index (χ2n) is 3.73. The average Bonchev–Trinajstić information content (AvgIpc) is 2.87. The van der Waals surface area contributed by atoms with Crippen molar-refractivity contribution in [2.75, 3.05) is 12.4 Å². The molecule has 0 saturated carbocycles. The van der Waals surface area contributed by atoms with Gasteiger partial charge in [0.2, 0.25) is 5.13 Å². The Morgan fingerprint density at radius 1 is 1.26 bits per heavy atom. The molecule has 0 bridgehead atoms. The zero-order valence-electron chi connectivity index (χ0n) is 10.3. The number of nitrogens with one attached hydrogen (secondary N) is 1. The number of ether oxygens (including phenoxy) is 1. The first kappa shape index (κ1) is 13.2. The summed E-state index contributed by atoms with van der Waals surface area (Å²) < 4.78 is 8.27. The van der Waals surface area contributed by atoms with Crippen molar-refractivity contribution in [3.63, 3.8) is 0 Å². The average molecular weight is 277 g/mol. The van der Waals surface area contributed by atoms with Crippen LogP contribution in [0.3, 0.4) is 0 Å². The van der Waals surface area contributed by atoms with Crippen LogP contribution in [0.15, 0.2) is 24.3 Å². The van der Waals surface area contributed by atoms with E-state index in [1.807, 2.05) is 19.1 Å². The van der Waals surface area contributed by atoms with Gasteiger partial charge in [0.25, 0.3) is 11.7 Å². The highest BCUT2D eigenvalue weighted by atomic mass is 32.1. The maximum Gasteiger partial charge on any atom is 0.377 e. The number of hydrogen-bond donors (Lipinski definition) is 1. The molecule has 1 heterocycles. The van der Waals surface area contributed by atoms with Crippen LogP contribution in [0.4, 0.5) is 5.13 Å². The van der Waals surface area contributed by atoms with Crippen LogP contribution in [0.25, 0.3) is 0 Å². The first-order valence-electron chi connectivity index (χ1n) is 5.40. The SMILES string of the molecule is COC(=O)c1nsc(NC(=O)c2ccc(C)cc2)n1. The molecule has 2 aromatic rings. The van der Waals surface area contributed by atoms with Crippen LogP contribution in [0.1, 0.15) is 26.5 Å². The van der Waals surface area contributed by atoms with Gasteiger partial charge in [0, 0.05) is 17.1 Å². The fourth-order valence-corrected chi connectivity index (χ4v) is 1.88. The number of carbonyl (C=O) groups excluding carboxylic acids is 2. The molecule has 1 aromatic carbocycles. The molecule has 1 N–H and O–H groups in total. The molecule has 7 heteroatoms. The van der Waals surface area contributed by atoms with E-state index >= 15 is 0 Å². The van der Waals surface area contributed by atoms with Crippen LogP contribution in [0.5, 0.6) is 0 Å². The number of amides is 1. The lowest BCUT2D eigenvalue weighted by atomic mass is 10.1. The number of esters is 1. The summed E-state index contributed by atoms with van der Waals surface area (Å²) in [5.74, 6) is -0.994. The lowest BCUT2D eigenvalue weighted by Gasteiger charge is -2.01. The molecular formula is C12H11N3O3S. The minimum atomic E-state index is -0.632. The summed E-state index contributed by atoms with van der Waals surface area (Å²) >= 11 is 0.926. The molecule has 0 spiro atoms. The van der Waals surface area contributed by atoms with E-state index in [2.05, 4.69) is 19.4 Å². The van der Waals surface area contributed by atoms with Gasteiger partial charge in [0.05, 0.1) is 7.11 Å². The molecule has 2 rings (SSSR count). The fraction of sp³-hybridized carbons (Fsp3) is 0.167. The van der Waals surface area contributed by atoms with Gasteiger partial charge >= 0.3 is 5.97 Å². The Kier molecular flexibility index (Phi) is 3.86. The van der Waals surface area contributed by atoms with E-state index in [4.69, 9.17) is 0 Å². The first-order chi connectivity index (χ1) is 9.10. The predicted molar refractivity (Wildman–Crippen MR) is 70.4 cm³/mol. The highest BCUT2D eigenvalue weighted by Gasteiger charge is 2.15. The lowest BCUT2D eigenvalue weighted by molar-refractivity contribution is 0.0588. The Morgan fingerprint density at radius 3 is 2.58 bits per heavy atom. The molecule has 0 saturated heterocycles. The summed E-state index contributed by atoms with van der Waals surface area (Å²) in [4.78, 5) is 26.9. The lowest BCUT2D eigenvalue weighted by Crippen LogP contribution is -2.12. The molecule has 0 radical (unpaired) electrons. The standard InChI is InChI=1S/C12H11N3O3S/c1-7-3-5-8(6-4-7)10(16)14-12-13-9(15-19-12)11(17)18-2/h3-6H,1-2H3,(H,13,14,15,16). The largest absolute Gasteiger partial charge is 0.463 e. The minimum absolute atomic E-state index is 0.0632. The molecule has 0 fully saturated rings. The fourth-order valence-electron chi connectivity index (χ4n) is 1.32. The van der Waals surface area contributed by atoms with Crippen molar-refractivity contribution < 1.29 is 14.3 Å². The first-order valence-corrected chi connectivity index (χ1v) is 6.17. The highest BCUT2D eigenvalue weighted by Crippen LogP contribution is 2.13. The molecule has 0 aliphatic carbocycles. The molecule has 6 nitrogen and oxygen atoms in total. The monoisotopic (exact) mass is 277 g/mol. The van der Waals surface area contributed by atoms with Crippen molar-refractivity contribution in [1.82, 2.24) is 9.36 Å². The molecule has 0 aliphatic rings. The zero-order chi connectivity index (χ0) is 13.8. The molecular weight excluding hydrogens is 266 g/mol. The van der Waals surface area contributed by atoms with Gasteiger partial charge < -0.3 is 4.74 Å². The van der Waals surface area contributed by atoms with Gasteiger partial charge in [0.15, 0.2) is 0 Å². The molecule has 0 unspecified atom stereocenters.